The normalized spacial score (nSPS) is 26.6. The average Bonchev–Trinajstić information content (AvgIpc) is 1.92. The van der Waals surface area contributed by atoms with Crippen LogP contribution in [-0.2, 0) is 4.79 Å². The standard InChI is InChI=1S/C10H12O/c1-8-7-10(4-2-5-10)6-3-9(8)11/h3,6-7H,2,4-5H2,1H3. The molecule has 0 saturated heterocycles. The molecular formula is C10H12O. The summed E-state index contributed by atoms with van der Waals surface area (Å²) in [5, 5.41) is 0. The maximum absolute atomic E-state index is 11.1. The molecule has 1 heteroatoms. The first-order chi connectivity index (χ1) is 5.22. The minimum atomic E-state index is 0.183. The van der Waals surface area contributed by atoms with Crippen LogP contribution in [0.1, 0.15) is 26.2 Å². The second-order valence-electron chi connectivity index (χ2n) is 3.61. The second-order valence-corrected chi connectivity index (χ2v) is 3.61. The van der Waals surface area contributed by atoms with Gasteiger partial charge in [0, 0.05) is 5.41 Å². The molecule has 0 heterocycles. The fourth-order valence-electron chi connectivity index (χ4n) is 1.82. The van der Waals surface area contributed by atoms with E-state index in [1.54, 1.807) is 6.08 Å². The van der Waals surface area contributed by atoms with E-state index < -0.39 is 0 Å². The number of carbonyl (C=O) groups is 1. The van der Waals surface area contributed by atoms with Crippen LogP contribution in [-0.4, -0.2) is 5.78 Å². The first kappa shape index (κ1) is 6.84. The van der Waals surface area contributed by atoms with E-state index in [0.717, 1.165) is 5.57 Å². The molecule has 0 amide bonds. The molecule has 58 valence electrons. The minimum absolute atomic E-state index is 0.183. The molecule has 0 N–H and O–H groups in total. The van der Waals surface area contributed by atoms with E-state index in [4.69, 9.17) is 0 Å². The van der Waals surface area contributed by atoms with Gasteiger partial charge in [-0.25, -0.2) is 0 Å². The summed E-state index contributed by atoms with van der Waals surface area (Å²) < 4.78 is 0. The van der Waals surface area contributed by atoms with E-state index in [9.17, 15) is 4.79 Å². The van der Waals surface area contributed by atoms with Crippen molar-refractivity contribution in [1.29, 1.82) is 0 Å². The highest BCUT2D eigenvalue weighted by atomic mass is 16.1. The smallest absolute Gasteiger partial charge is 0.180 e. The first-order valence-corrected chi connectivity index (χ1v) is 4.15. The molecule has 0 radical (unpaired) electrons. The lowest BCUT2D eigenvalue weighted by Crippen LogP contribution is -2.27. The van der Waals surface area contributed by atoms with Crippen LogP contribution in [0.2, 0.25) is 0 Å². The lowest BCUT2D eigenvalue weighted by Gasteiger charge is -2.38. The Morgan fingerprint density at radius 1 is 1.45 bits per heavy atom. The van der Waals surface area contributed by atoms with Crippen molar-refractivity contribution in [3.05, 3.63) is 23.8 Å². The Kier molecular flexibility index (Phi) is 1.28. The maximum Gasteiger partial charge on any atom is 0.180 e. The molecule has 0 aromatic rings. The van der Waals surface area contributed by atoms with Gasteiger partial charge in [0.1, 0.15) is 0 Å². The van der Waals surface area contributed by atoms with Crippen molar-refractivity contribution in [2.75, 3.05) is 0 Å². The summed E-state index contributed by atoms with van der Waals surface area (Å²) in [5.74, 6) is 0.183. The Labute approximate surface area is 66.8 Å². The van der Waals surface area contributed by atoms with Gasteiger partial charge in [-0.15, -0.1) is 0 Å². The maximum atomic E-state index is 11.1. The van der Waals surface area contributed by atoms with Crippen molar-refractivity contribution >= 4 is 5.78 Å². The Bertz CT molecular complexity index is 254. The number of allylic oxidation sites excluding steroid dienone is 4. The molecule has 0 aromatic heterocycles. The Morgan fingerprint density at radius 3 is 2.64 bits per heavy atom. The summed E-state index contributed by atoms with van der Waals surface area (Å²) in [5.41, 5.74) is 1.21. The van der Waals surface area contributed by atoms with Crippen LogP contribution in [0.4, 0.5) is 0 Å². The molecule has 0 aliphatic heterocycles. The van der Waals surface area contributed by atoms with E-state index in [2.05, 4.69) is 12.2 Å². The molecular weight excluding hydrogens is 136 g/mol. The number of carbonyl (C=O) groups excluding carboxylic acids is 1. The van der Waals surface area contributed by atoms with Gasteiger partial charge in [-0.1, -0.05) is 18.6 Å². The SMILES string of the molecule is CC1=CC2(C=CC1=O)CCC2. The molecule has 0 unspecified atom stereocenters. The lowest BCUT2D eigenvalue weighted by molar-refractivity contribution is -0.111. The van der Waals surface area contributed by atoms with Crippen LogP contribution in [0.3, 0.4) is 0 Å². The molecule has 1 spiro atoms. The van der Waals surface area contributed by atoms with Crippen molar-refractivity contribution < 1.29 is 4.79 Å². The average molecular weight is 148 g/mol. The van der Waals surface area contributed by atoms with Gasteiger partial charge in [0.05, 0.1) is 0 Å². The highest BCUT2D eigenvalue weighted by Crippen LogP contribution is 2.45. The van der Waals surface area contributed by atoms with Crippen molar-refractivity contribution in [2.45, 2.75) is 26.2 Å². The van der Waals surface area contributed by atoms with Gasteiger partial charge in [0.15, 0.2) is 5.78 Å². The van der Waals surface area contributed by atoms with Gasteiger partial charge in [-0.2, -0.15) is 0 Å². The zero-order valence-electron chi connectivity index (χ0n) is 6.76. The topological polar surface area (TPSA) is 17.1 Å². The highest BCUT2D eigenvalue weighted by Gasteiger charge is 2.34. The van der Waals surface area contributed by atoms with Gasteiger partial charge in [-0.05, 0) is 31.4 Å². The minimum Gasteiger partial charge on any atom is -0.290 e. The third-order valence-corrected chi connectivity index (χ3v) is 2.74. The zero-order chi connectivity index (χ0) is 7.90. The molecule has 0 aromatic carbocycles. The first-order valence-electron chi connectivity index (χ1n) is 4.15. The third-order valence-electron chi connectivity index (χ3n) is 2.74. The highest BCUT2D eigenvalue weighted by molar-refractivity contribution is 6.04. The number of hydrogen-bond donors (Lipinski definition) is 0. The molecule has 2 rings (SSSR count). The molecule has 0 bridgehead atoms. The Morgan fingerprint density at radius 2 is 2.18 bits per heavy atom. The number of hydrogen-bond acceptors (Lipinski definition) is 1. The number of rotatable bonds is 0. The summed E-state index contributed by atoms with van der Waals surface area (Å²) in [6.45, 7) is 1.91. The van der Waals surface area contributed by atoms with Crippen LogP contribution < -0.4 is 0 Å². The van der Waals surface area contributed by atoms with Crippen LogP contribution in [0.5, 0.6) is 0 Å². The van der Waals surface area contributed by atoms with Crippen molar-refractivity contribution in [3.63, 3.8) is 0 Å². The molecule has 2 aliphatic rings. The van der Waals surface area contributed by atoms with Gasteiger partial charge >= 0.3 is 0 Å². The quantitative estimate of drug-likeness (QED) is 0.515. The molecule has 0 atom stereocenters. The molecule has 1 nitrogen and oxygen atoms in total. The van der Waals surface area contributed by atoms with Crippen molar-refractivity contribution in [2.24, 2.45) is 5.41 Å². The van der Waals surface area contributed by atoms with Gasteiger partial charge in [0.2, 0.25) is 0 Å². The summed E-state index contributed by atoms with van der Waals surface area (Å²) in [6, 6.07) is 0. The largest absolute Gasteiger partial charge is 0.290 e. The van der Waals surface area contributed by atoms with Crippen LogP contribution in [0.15, 0.2) is 23.8 Å². The van der Waals surface area contributed by atoms with Gasteiger partial charge < -0.3 is 0 Å². The molecule has 11 heavy (non-hydrogen) atoms. The van der Waals surface area contributed by atoms with Crippen LogP contribution in [0.25, 0.3) is 0 Å². The fraction of sp³-hybridized carbons (Fsp3) is 0.500. The zero-order valence-corrected chi connectivity index (χ0v) is 6.76. The summed E-state index contributed by atoms with van der Waals surface area (Å²) in [4.78, 5) is 11.1. The van der Waals surface area contributed by atoms with Gasteiger partial charge in [-0.3, -0.25) is 4.79 Å². The van der Waals surface area contributed by atoms with E-state index in [1.807, 2.05) is 6.92 Å². The number of ketones is 1. The predicted octanol–water partition coefficient (Wildman–Crippen LogP) is 2.24. The Hall–Kier alpha value is -0.850. The second kappa shape index (κ2) is 2.07. The van der Waals surface area contributed by atoms with Crippen LogP contribution >= 0.6 is 0 Å². The molecule has 2 aliphatic carbocycles. The lowest BCUT2D eigenvalue weighted by atomic mass is 9.66. The summed E-state index contributed by atoms with van der Waals surface area (Å²) in [7, 11) is 0. The van der Waals surface area contributed by atoms with E-state index in [1.165, 1.54) is 19.3 Å². The fourth-order valence-corrected chi connectivity index (χ4v) is 1.82. The van der Waals surface area contributed by atoms with Crippen molar-refractivity contribution in [3.8, 4) is 0 Å². The predicted molar refractivity (Wildman–Crippen MR) is 44.2 cm³/mol. The van der Waals surface area contributed by atoms with E-state index >= 15 is 0 Å². The van der Waals surface area contributed by atoms with Gasteiger partial charge in [0.25, 0.3) is 0 Å². The summed E-state index contributed by atoms with van der Waals surface area (Å²) in [6.07, 6.45) is 9.71. The van der Waals surface area contributed by atoms with E-state index in [0.29, 0.717) is 0 Å². The third kappa shape index (κ3) is 0.953. The molecule has 1 saturated carbocycles. The van der Waals surface area contributed by atoms with Crippen molar-refractivity contribution in [1.82, 2.24) is 0 Å². The van der Waals surface area contributed by atoms with Crippen LogP contribution in [0, 0.1) is 5.41 Å². The monoisotopic (exact) mass is 148 g/mol. The molecule has 1 fully saturated rings. The Balaban J connectivity index is 2.29. The summed E-state index contributed by atoms with van der Waals surface area (Å²) >= 11 is 0. The van der Waals surface area contributed by atoms with E-state index in [-0.39, 0.29) is 11.2 Å².